The number of hydrogen-bond acceptors (Lipinski definition) is 5. The molecule has 6 nitrogen and oxygen atoms in total. The van der Waals surface area contributed by atoms with Crippen molar-refractivity contribution in [3.05, 3.63) is 12.2 Å². The maximum Gasteiger partial charge on any atom is 0.305 e. The van der Waals surface area contributed by atoms with Crippen LogP contribution < -0.4 is 5.32 Å². The molecule has 0 aromatic heterocycles. The zero-order chi connectivity index (χ0) is 58.5. The van der Waals surface area contributed by atoms with E-state index < -0.39 is 12.1 Å². The maximum atomic E-state index is 12.5. The fourth-order valence-electron chi connectivity index (χ4n) is 12.1. The molecule has 0 aromatic rings. The minimum atomic E-state index is -0.842. The van der Waals surface area contributed by atoms with Crippen LogP contribution in [0.1, 0.15) is 431 Å². The number of amides is 1. The second kappa shape index (κ2) is 71.1. The zero-order valence-corrected chi connectivity index (χ0v) is 55.3. The molecule has 0 aliphatic rings. The van der Waals surface area contributed by atoms with Gasteiger partial charge in [0.15, 0.2) is 0 Å². The van der Waals surface area contributed by atoms with Crippen LogP contribution in [0.2, 0.25) is 0 Å². The molecule has 0 saturated heterocycles. The van der Waals surface area contributed by atoms with Crippen LogP contribution in [0.3, 0.4) is 0 Å². The van der Waals surface area contributed by atoms with Crippen LogP contribution in [-0.4, -0.2) is 47.4 Å². The lowest BCUT2D eigenvalue weighted by molar-refractivity contribution is -0.143. The van der Waals surface area contributed by atoms with Crippen LogP contribution in [0.5, 0.6) is 0 Å². The third-order valence-corrected chi connectivity index (χ3v) is 17.8. The highest BCUT2D eigenvalue weighted by Gasteiger charge is 2.18. The number of rotatable bonds is 71. The first-order chi connectivity index (χ1) is 40.0. The summed E-state index contributed by atoms with van der Waals surface area (Å²) in [5.41, 5.74) is 0. The van der Waals surface area contributed by atoms with Gasteiger partial charge in [0, 0.05) is 12.8 Å². The van der Waals surface area contributed by atoms with E-state index in [1.807, 2.05) is 6.08 Å². The van der Waals surface area contributed by atoms with Crippen molar-refractivity contribution in [2.45, 2.75) is 443 Å². The monoisotopic (exact) mass is 1140 g/mol. The molecule has 1 amide bonds. The first kappa shape index (κ1) is 79.6. The van der Waals surface area contributed by atoms with Gasteiger partial charge in [-0.2, -0.15) is 0 Å². The highest BCUT2D eigenvalue weighted by molar-refractivity contribution is 5.76. The Balaban J connectivity index is 3.34. The van der Waals surface area contributed by atoms with Crippen molar-refractivity contribution >= 4 is 11.9 Å². The molecule has 0 heterocycles. The number of unbranched alkanes of at least 4 members (excludes halogenated alkanes) is 60. The summed E-state index contributed by atoms with van der Waals surface area (Å²) in [5.74, 6) is -0.0360. The third-order valence-electron chi connectivity index (χ3n) is 17.8. The van der Waals surface area contributed by atoms with Gasteiger partial charge in [0.2, 0.25) is 5.91 Å². The largest absolute Gasteiger partial charge is 0.466 e. The standard InChI is InChI=1S/C75H147NO5/c1-3-5-7-9-11-13-15-17-18-19-20-34-37-40-44-47-51-55-59-63-67-73(78)72(71-77)76-74(79)68-64-60-56-52-48-45-41-38-35-32-30-28-26-24-22-21-23-25-27-29-31-33-36-39-42-46-50-54-58-62-66-70-81-75(80)69-65-61-57-53-49-43-16-14-12-10-8-6-4-2/h63,67,72-73,77-78H,3-62,64-66,68-71H2,1-2H3,(H,76,79)/b67-63+. The second-order valence-corrected chi connectivity index (χ2v) is 26.0. The van der Waals surface area contributed by atoms with Crippen molar-refractivity contribution in [3.63, 3.8) is 0 Å². The van der Waals surface area contributed by atoms with E-state index in [1.54, 1.807) is 6.08 Å². The lowest BCUT2D eigenvalue weighted by Crippen LogP contribution is -2.45. The molecule has 0 saturated carbocycles. The fourth-order valence-corrected chi connectivity index (χ4v) is 12.1. The second-order valence-electron chi connectivity index (χ2n) is 26.0. The van der Waals surface area contributed by atoms with Crippen molar-refractivity contribution in [1.29, 1.82) is 0 Å². The molecule has 2 unspecified atom stereocenters. The number of carbonyl (C=O) groups excluding carboxylic acids is 2. The Bertz CT molecular complexity index is 1220. The van der Waals surface area contributed by atoms with Gasteiger partial charge >= 0.3 is 5.97 Å². The number of nitrogens with one attached hydrogen (secondary N) is 1. The van der Waals surface area contributed by atoms with Gasteiger partial charge in [-0.15, -0.1) is 0 Å². The van der Waals surface area contributed by atoms with E-state index in [1.165, 1.54) is 366 Å². The van der Waals surface area contributed by atoms with Gasteiger partial charge in [-0.1, -0.05) is 398 Å². The van der Waals surface area contributed by atoms with E-state index in [9.17, 15) is 19.8 Å². The Kier molecular flexibility index (Phi) is 69.9. The average Bonchev–Trinajstić information content (AvgIpc) is 3.47. The molecule has 0 aliphatic carbocycles. The Morgan fingerprint density at radius 3 is 0.840 bits per heavy atom. The molecular formula is C75H147NO5. The topological polar surface area (TPSA) is 95.9 Å². The van der Waals surface area contributed by atoms with Crippen LogP contribution in [-0.2, 0) is 14.3 Å². The summed E-state index contributed by atoms with van der Waals surface area (Å²) in [6, 6.07) is -0.625. The van der Waals surface area contributed by atoms with E-state index in [2.05, 4.69) is 19.2 Å². The Morgan fingerprint density at radius 2 is 0.568 bits per heavy atom. The molecule has 0 fully saturated rings. The summed E-state index contributed by atoms with van der Waals surface area (Å²) in [4.78, 5) is 24.6. The maximum absolute atomic E-state index is 12.5. The summed E-state index contributed by atoms with van der Waals surface area (Å²) < 4.78 is 5.49. The molecule has 0 radical (unpaired) electrons. The highest BCUT2D eigenvalue weighted by atomic mass is 16.5. The van der Waals surface area contributed by atoms with E-state index >= 15 is 0 Å². The Hall–Kier alpha value is -1.40. The zero-order valence-electron chi connectivity index (χ0n) is 55.3. The van der Waals surface area contributed by atoms with Gasteiger partial charge in [0.05, 0.1) is 25.4 Å². The van der Waals surface area contributed by atoms with E-state index in [0.29, 0.717) is 19.4 Å². The van der Waals surface area contributed by atoms with Crippen molar-refractivity contribution in [3.8, 4) is 0 Å². The lowest BCUT2D eigenvalue weighted by Gasteiger charge is -2.20. The van der Waals surface area contributed by atoms with E-state index in [-0.39, 0.29) is 18.5 Å². The van der Waals surface area contributed by atoms with Gasteiger partial charge < -0.3 is 20.3 Å². The predicted octanol–water partition coefficient (Wildman–Crippen LogP) is 24.3. The number of carbonyl (C=O) groups is 2. The molecule has 2 atom stereocenters. The van der Waals surface area contributed by atoms with Crippen molar-refractivity contribution in [1.82, 2.24) is 5.32 Å². The summed E-state index contributed by atoms with van der Waals surface area (Å²) >= 11 is 0. The molecule has 0 aromatic carbocycles. The molecule has 3 N–H and O–H groups in total. The van der Waals surface area contributed by atoms with Crippen LogP contribution in [0.25, 0.3) is 0 Å². The van der Waals surface area contributed by atoms with Crippen molar-refractivity contribution in [2.75, 3.05) is 13.2 Å². The minimum absolute atomic E-state index is 0.0230. The van der Waals surface area contributed by atoms with Crippen molar-refractivity contribution in [2.24, 2.45) is 0 Å². The molecule has 81 heavy (non-hydrogen) atoms. The fraction of sp³-hybridized carbons (Fsp3) is 0.947. The van der Waals surface area contributed by atoms with Crippen LogP contribution in [0.4, 0.5) is 0 Å². The average molecular weight is 1140 g/mol. The molecule has 0 spiro atoms. The molecular weight excluding hydrogens is 995 g/mol. The van der Waals surface area contributed by atoms with E-state index in [4.69, 9.17) is 4.74 Å². The SMILES string of the molecule is CCCCCCCCCCCCCCCCCCCC/C=C/C(O)C(CO)NC(=O)CCCCCCCCCCCCCCCCCCCCCCCCCCCCCCCCCOC(=O)CCCCCCCCCCCCCCC. The van der Waals surface area contributed by atoms with Crippen LogP contribution in [0.15, 0.2) is 12.2 Å². The smallest absolute Gasteiger partial charge is 0.305 e. The van der Waals surface area contributed by atoms with Gasteiger partial charge in [0.1, 0.15) is 0 Å². The number of allylic oxidation sites excluding steroid dienone is 1. The minimum Gasteiger partial charge on any atom is -0.466 e. The number of aliphatic hydroxyl groups is 2. The van der Waals surface area contributed by atoms with Gasteiger partial charge in [-0.25, -0.2) is 0 Å². The third kappa shape index (κ3) is 67.6. The predicted molar refractivity (Wildman–Crippen MR) is 357 cm³/mol. The number of ether oxygens (including phenoxy) is 1. The molecule has 6 heteroatoms. The summed E-state index contributed by atoms with van der Waals surface area (Å²) in [5, 5.41) is 23.3. The van der Waals surface area contributed by atoms with Crippen LogP contribution in [0, 0.1) is 0 Å². The summed E-state index contributed by atoms with van der Waals surface area (Å²) in [6.07, 6.45) is 88.9. The number of aliphatic hydroxyl groups excluding tert-OH is 2. The van der Waals surface area contributed by atoms with Gasteiger partial charge in [-0.05, 0) is 32.1 Å². The quantitative estimate of drug-likeness (QED) is 0.0320. The molecule has 0 bridgehead atoms. The van der Waals surface area contributed by atoms with Gasteiger partial charge in [-0.3, -0.25) is 9.59 Å². The first-order valence-electron chi connectivity index (χ1n) is 37.5. The molecule has 0 aliphatic heterocycles. The highest BCUT2D eigenvalue weighted by Crippen LogP contribution is 2.20. The number of esters is 1. The normalized spacial score (nSPS) is 12.5. The van der Waals surface area contributed by atoms with Crippen LogP contribution >= 0.6 is 0 Å². The van der Waals surface area contributed by atoms with Crippen molar-refractivity contribution < 1.29 is 24.5 Å². The number of hydrogen-bond donors (Lipinski definition) is 3. The molecule has 482 valence electrons. The Morgan fingerprint density at radius 1 is 0.333 bits per heavy atom. The van der Waals surface area contributed by atoms with E-state index in [0.717, 1.165) is 38.5 Å². The van der Waals surface area contributed by atoms with Gasteiger partial charge in [0.25, 0.3) is 0 Å². The molecule has 0 rings (SSSR count). The lowest BCUT2D eigenvalue weighted by atomic mass is 10.0. The summed E-state index contributed by atoms with van der Waals surface area (Å²) in [7, 11) is 0. The Labute approximate surface area is 508 Å². The first-order valence-corrected chi connectivity index (χ1v) is 37.5. The summed E-state index contributed by atoms with van der Waals surface area (Å²) in [6.45, 7) is 4.96.